The van der Waals surface area contributed by atoms with Crippen LogP contribution in [0, 0.1) is 6.92 Å². The summed E-state index contributed by atoms with van der Waals surface area (Å²) >= 11 is 0. The monoisotopic (exact) mass is 444 g/mol. The van der Waals surface area contributed by atoms with Crippen molar-refractivity contribution in [2.45, 2.75) is 13.8 Å². The highest BCUT2D eigenvalue weighted by atomic mass is 16.6. The van der Waals surface area contributed by atoms with Gasteiger partial charge < -0.3 is 20.1 Å². The molecular formula is C26H24N2O5. The molecule has 0 aliphatic heterocycles. The predicted molar refractivity (Wildman–Crippen MR) is 126 cm³/mol. The smallest absolute Gasteiger partial charge is 0.308 e. The number of esters is 1. The van der Waals surface area contributed by atoms with Gasteiger partial charge in [0, 0.05) is 18.2 Å². The number of carbonyl (C=O) groups excluding carboxylic acids is 3. The summed E-state index contributed by atoms with van der Waals surface area (Å²) in [6, 6.07) is 20.7. The third kappa shape index (κ3) is 6.30. The summed E-state index contributed by atoms with van der Waals surface area (Å²) < 4.78 is 10.4. The second-order valence-corrected chi connectivity index (χ2v) is 7.15. The normalized spacial score (nSPS) is 10.8. The fourth-order valence-corrected chi connectivity index (χ4v) is 3.02. The second kappa shape index (κ2) is 10.8. The van der Waals surface area contributed by atoms with Crippen molar-refractivity contribution >= 4 is 29.5 Å². The molecule has 0 atom stereocenters. The van der Waals surface area contributed by atoms with Crippen molar-refractivity contribution in [1.29, 1.82) is 0 Å². The maximum atomic E-state index is 13.1. The Labute approximate surface area is 192 Å². The van der Waals surface area contributed by atoms with Gasteiger partial charge in [0.25, 0.3) is 11.8 Å². The van der Waals surface area contributed by atoms with Gasteiger partial charge in [0.05, 0.1) is 7.11 Å². The fraction of sp³-hybridized carbons (Fsp3) is 0.115. The number of amides is 2. The molecule has 0 heterocycles. The Balaban J connectivity index is 1.96. The van der Waals surface area contributed by atoms with Crippen molar-refractivity contribution in [3.63, 3.8) is 0 Å². The Morgan fingerprint density at radius 2 is 1.58 bits per heavy atom. The van der Waals surface area contributed by atoms with Gasteiger partial charge in [-0.1, -0.05) is 42.5 Å². The van der Waals surface area contributed by atoms with Gasteiger partial charge in [0.2, 0.25) is 0 Å². The molecule has 0 saturated heterocycles. The molecule has 0 unspecified atom stereocenters. The van der Waals surface area contributed by atoms with Gasteiger partial charge in [-0.25, -0.2) is 0 Å². The third-order valence-corrected chi connectivity index (χ3v) is 4.67. The average Bonchev–Trinajstić information content (AvgIpc) is 2.81. The van der Waals surface area contributed by atoms with Crippen molar-refractivity contribution < 1.29 is 23.9 Å². The van der Waals surface area contributed by atoms with Crippen LogP contribution in [0.4, 0.5) is 5.69 Å². The first-order valence-corrected chi connectivity index (χ1v) is 10.2. The highest BCUT2D eigenvalue weighted by molar-refractivity contribution is 6.10. The molecule has 0 saturated carbocycles. The van der Waals surface area contributed by atoms with E-state index in [1.54, 1.807) is 54.6 Å². The molecule has 7 nitrogen and oxygen atoms in total. The summed E-state index contributed by atoms with van der Waals surface area (Å²) in [7, 11) is 1.44. The first-order chi connectivity index (χ1) is 15.9. The van der Waals surface area contributed by atoms with E-state index in [1.807, 2.05) is 25.1 Å². The van der Waals surface area contributed by atoms with Crippen LogP contribution in [0.3, 0.4) is 0 Å². The summed E-state index contributed by atoms with van der Waals surface area (Å²) in [6.07, 6.45) is 1.52. The average molecular weight is 444 g/mol. The van der Waals surface area contributed by atoms with E-state index in [9.17, 15) is 14.4 Å². The molecule has 3 aromatic rings. The van der Waals surface area contributed by atoms with E-state index in [0.29, 0.717) is 22.6 Å². The number of carbonyl (C=O) groups is 3. The Morgan fingerprint density at radius 1 is 0.879 bits per heavy atom. The SMILES string of the molecule is COc1cc(C=C(NC(=O)c2ccccc2)C(=O)Nc2ccccc2C)ccc1OC(C)=O. The number of rotatable bonds is 7. The van der Waals surface area contributed by atoms with E-state index in [0.717, 1.165) is 5.56 Å². The van der Waals surface area contributed by atoms with Crippen LogP contribution in [-0.4, -0.2) is 24.9 Å². The van der Waals surface area contributed by atoms with Gasteiger partial charge in [-0.05, 0) is 54.5 Å². The van der Waals surface area contributed by atoms with Crippen LogP contribution in [-0.2, 0) is 9.59 Å². The molecule has 0 fully saturated rings. The van der Waals surface area contributed by atoms with Crippen molar-refractivity contribution in [3.8, 4) is 11.5 Å². The molecule has 7 heteroatoms. The minimum Gasteiger partial charge on any atom is -0.493 e. The lowest BCUT2D eigenvalue weighted by molar-refractivity contribution is -0.132. The molecule has 168 valence electrons. The van der Waals surface area contributed by atoms with Crippen LogP contribution >= 0.6 is 0 Å². The minimum absolute atomic E-state index is 0.0365. The molecule has 2 N–H and O–H groups in total. The predicted octanol–water partition coefficient (Wildman–Crippen LogP) is 4.34. The first kappa shape index (κ1) is 23.3. The highest BCUT2D eigenvalue weighted by Gasteiger charge is 2.16. The van der Waals surface area contributed by atoms with Crippen LogP contribution in [0.2, 0.25) is 0 Å². The number of anilines is 1. The zero-order valence-corrected chi connectivity index (χ0v) is 18.5. The molecule has 3 aromatic carbocycles. The topological polar surface area (TPSA) is 93.7 Å². The van der Waals surface area contributed by atoms with E-state index >= 15 is 0 Å². The van der Waals surface area contributed by atoms with E-state index in [4.69, 9.17) is 9.47 Å². The Bertz CT molecular complexity index is 1200. The van der Waals surface area contributed by atoms with Crippen molar-refractivity contribution in [1.82, 2.24) is 5.32 Å². The van der Waals surface area contributed by atoms with E-state index in [1.165, 1.54) is 20.1 Å². The summed E-state index contributed by atoms with van der Waals surface area (Å²) in [5.41, 5.74) is 2.52. The molecule has 0 spiro atoms. The molecule has 0 bridgehead atoms. The van der Waals surface area contributed by atoms with Gasteiger partial charge in [-0.3, -0.25) is 14.4 Å². The van der Waals surface area contributed by atoms with Crippen LogP contribution in [0.15, 0.2) is 78.5 Å². The maximum absolute atomic E-state index is 13.1. The third-order valence-electron chi connectivity index (χ3n) is 4.67. The van der Waals surface area contributed by atoms with E-state index < -0.39 is 17.8 Å². The zero-order chi connectivity index (χ0) is 23.8. The summed E-state index contributed by atoms with van der Waals surface area (Å²) in [5, 5.41) is 5.52. The quantitative estimate of drug-likeness (QED) is 0.321. The van der Waals surface area contributed by atoms with Crippen LogP contribution in [0.5, 0.6) is 11.5 Å². The Kier molecular flexibility index (Phi) is 7.60. The van der Waals surface area contributed by atoms with Gasteiger partial charge in [-0.2, -0.15) is 0 Å². The van der Waals surface area contributed by atoms with Gasteiger partial charge in [-0.15, -0.1) is 0 Å². The van der Waals surface area contributed by atoms with Crippen LogP contribution in [0.25, 0.3) is 6.08 Å². The summed E-state index contributed by atoms with van der Waals surface area (Å²) in [5.74, 6) is -0.833. The summed E-state index contributed by atoms with van der Waals surface area (Å²) in [4.78, 5) is 37.2. The lowest BCUT2D eigenvalue weighted by atomic mass is 10.1. The van der Waals surface area contributed by atoms with Gasteiger partial charge >= 0.3 is 5.97 Å². The molecule has 0 aliphatic carbocycles. The van der Waals surface area contributed by atoms with Crippen molar-refractivity contribution in [3.05, 3.63) is 95.2 Å². The molecule has 0 aromatic heterocycles. The fourth-order valence-electron chi connectivity index (χ4n) is 3.02. The number of nitrogens with one attached hydrogen (secondary N) is 2. The molecule has 2 amide bonds. The van der Waals surface area contributed by atoms with Gasteiger partial charge in [0.1, 0.15) is 5.70 Å². The number of hydrogen-bond donors (Lipinski definition) is 2. The molecule has 3 rings (SSSR count). The Hall–Kier alpha value is -4.39. The van der Waals surface area contributed by atoms with Crippen LogP contribution < -0.4 is 20.1 Å². The molecular weight excluding hydrogens is 420 g/mol. The first-order valence-electron chi connectivity index (χ1n) is 10.2. The number of para-hydroxylation sites is 1. The number of hydrogen-bond acceptors (Lipinski definition) is 5. The number of aryl methyl sites for hydroxylation is 1. The standard InChI is InChI=1S/C26H24N2O5/c1-17-9-7-8-12-21(17)27-26(31)22(28-25(30)20-10-5-4-6-11-20)15-19-13-14-23(33-18(2)29)24(16-19)32-3/h4-16H,1-3H3,(H,27,31)(H,28,30). The van der Waals surface area contributed by atoms with E-state index in [2.05, 4.69) is 10.6 Å². The largest absolute Gasteiger partial charge is 0.493 e. The van der Waals surface area contributed by atoms with Crippen molar-refractivity contribution in [2.24, 2.45) is 0 Å². The number of ether oxygens (including phenoxy) is 2. The second-order valence-electron chi connectivity index (χ2n) is 7.15. The van der Waals surface area contributed by atoms with Gasteiger partial charge in [0.15, 0.2) is 11.5 Å². The van der Waals surface area contributed by atoms with Crippen molar-refractivity contribution in [2.75, 3.05) is 12.4 Å². The minimum atomic E-state index is -0.489. The van der Waals surface area contributed by atoms with Crippen LogP contribution in [0.1, 0.15) is 28.4 Å². The maximum Gasteiger partial charge on any atom is 0.308 e. The van der Waals surface area contributed by atoms with E-state index in [-0.39, 0.29) is 11.4 Å². The number of methoxy groups -OCH3 is 1. The molecule has 0 radical (unpaired) electrons. The summed E-state index contributed by atoms with van der Waals surface area (Å²) in [6.45, 7) is 3.17. The zero-order valence-electron chi connectivity index (χ0n) is 18.5. The lowest BCUT2D eigenvalue weighted by Gasteiger charge is -2.13. The molecule has 33 heavy (non-hydrogen) atoms. The highest BCUT2D eigenvalue weighted by Crippen LogP contribution is 2.29. The lowest BCUT2D eigenvalue weighted by Crippen LogP contribution is -2.30. The number of benzene rings is 3. The Morgan fingerprint density at radius 3 is 2.24 bits per heavy atom. The molecule has 0 aliphatic rings.